The van der Waals surface area contributed by atoms with Gasteiger partial charge < -0.3 is 15.4 Å². The van der Waals surface area contributed by atoms with Crippen LogP contribution in [0, 0.1) is 0 Å². The molecule has 1 aromatic carbocycles. The van der Waals surface area contributed by atoms with E-state index in [0.29, 0.717) is 6.42 Å². The van der Waals surface area contributed by atoms with Gasteiger partial charge in [0.05, 0.1) is 12.1 Å². The van der Waals surface area contributed by atoms with E-state index in [1.165, 1.54) is 0 Å². The molecule has 1 heterocycles. The summed E-state index contributed by atoms with van der Waals surface area (Å²) in [4.78, 5) is 13.5. The maximum atomic E-state index is 11.8. The lowest BCUT2D eigenvalue weighted by atomic mass is 9.91. The molecule has 1 aliphatic heterocycles. The van der Waals surface area contributed by atoms with Crippen LogP contribution >= 0.6 is 0 Å². The highest BCUT2D eigenvalue weighted by Crippen LogP contribution is 2.30. The summed E-state index contributed by atoms with van der Waals surface area (Å²) >= 11 is 0. The molecule has 2 rings (SSSR count). The minimum absolute atomic E-state index is 0.000401. The van der Waals surface area contributed by atoms with Crippen molar-refractivity contribution < 1.29 is 9.53 Å². The van der Waals surface area contributed by atoms with Crippen LogP contribution in [0.3, 0.4) is 0 Å². The largest absolute Gasteiger partial charge is 0.491 e. The van der Waals surface area contributed by atoms with E-state index in [0.717, 1.165) is 17.7 Å². The molecule has 2 N–H and O–H groups in total. The molecule has 2 unspecified atom stereocenters. The van der Waals surface area contributed by atoms with Gasteiger partial charge in [0.2, 0.25) is 5.91 Å². The molecular weight excluding hydrogens is 240 g/mol. The van der Waals surface area contributed by atoms with Crippen LogP contribution in [0.25, 0.3) is 0 Å². The van der Waals surface area contributed by atoms with Crippen LogP contribution in [0.15, 0.2) is 24.3 Å². The third-order valence-electron chi connectivity index (χ3n) is 3.50. The Morgan fingerprint density at radius 2 is 1.95 bits per heavy atom. The number of hydrogen-bond acceptors (Lipinski definition) is 3. The zero-order valence-corrected chi connectivity index (χ0v) is 11.8. The number of likely N-dealkylation sites (tertiary alicyclic amines) is 1. The Morgan fingerprint density at radius 1 is 1.32 bits per heavy atom. The van der Waals surface area contributed by atoms with Gasteiger partial charge in [-0.15, -0.1) is 0 Å². The predicted molar refractivity (Wildman–Crippen MR) is 74.9 cm³/mol. The normalized spacial score (nSPS) is 23.8. The molecule has 0 aliphatic carbocycles. The van der Waals surface area contributed by atoms with Crippen molar-refractivity contribution in [1.29, 1.82) is 0 Å². The van der Waals surface area contributed by atoms with E-state index in [1.807, 2.05) is 45.2 Å². The number of hydrogen-bond donors (Lipinski definition) is 1. The number of benzene rings is 1. The highest BCUT2D eigenvalue weighted by Gasteiger charge is 2.32. The van der Waals surface area contributed by atoms with Gasteiger partial charge >= 0.3 is 0 Å². The van der Waals surface area contributed by atoms with Gasteiger partial charge in [0.25, 0.3) is 0 Å². The fourth-order valence-electron chi connectivity index (χ4n) is 2.55. The maximum absolute atomic E-state index is 11.8. The van der Waals surface area contributed by atoms with E-state index in [2.05, 4.69) is 0 Å². The third-order valence-corrected chi connectivity index (χ3v) is 3.50. The smallest absolute Gasteiger partial charge is 0.222 e. The fourth-order valence-corrected chi connectivity index (χ4v) is 2.55. The average Bonchev–Trinajstić information content (AvgIpc) is 2.36. The maximum Gasteiger partial charge on any atom is 0.222 e. The molecule has 1 saturated heterocycles. The summed E-state index contributed by atoms with van der Waals surface area (Å²) in [6.07, 6.45) is 1.45. The predicted octanol–water partition coefficient (Wildman–Crippen LogP) is 2.09. The van der Waals surface area contributed by atoms with Crippen molar-refractivity contribution in [2.24, 2.45) is 5.73 Å². The van der Waals surface area contributed by atoms with Gasteiger partial charge in [-0.25, -0.2) is 0 Å². The highest BCUT2D eigenvalue weighted by atomic mass is 16.5. The number of rotatable bonds is 3. The highest BCUT2D eigenvalue weighted by molar-refractivity contribution is 5.77. The number of nitrogens with two attached hydrogens (primary N) is 1. The van der Waals surface area contributed by atoms with Crippen LogP contribution in [0.5, 0.6) is 5.75 Å². The fraction of sp³-hybridized carbons (Fsp3) is 0.533. The van der Waals surface area contributed by atoms with Crippen molar-refractivity contribution in [2.45, 2.75) is 44.9 Å². The standard InChI is InChI=1S/C15H22N2O2/c1-10(2)19-12-6-4-11(5-7-12)15-13(16)8-9-14(18)17(15)3/h4-7,10,13,15H,8-9,16H2,1-3H3. The summed E-state index contributed by atoms with van der Waals surface area (Å²) in [6.45, 7) is 3.99. The van der Waals surface area contributed by atoms with Crippen LogP contribution in [-0.2, 0) is 4.79 Å². The molecule has 4 heteroatoms. The van der Waals surface area contributed by atoms with Crippen molar-refractivity contribution in [3.8, 4) is 5.75 Å². The first-order valence-corrected chi connectivity index (χ1v) is 6.77. The van der Waals surface area contributed by atoms with Crippen molar-refractivity contribution in [3.63, 3.8) is 0 Å². The lowest BCUT2D eigenvalue weighted by Crippen LogP contribution is -2.46. The van der Waals surface area contributed by atoms with Gasteiger partial charge in [0, 0.05) is 19.5 Å². The van der Waals surface area contributed by atoms with Crippen molar-refractivity contribution >= 4 is 5.91 Å². The number of likely N-dealkylation sites (N-methyl/N-ethyl adjacent to an activating group) is 1. The SMILES string of the molecule is CC(C)Oc1ccc(C2C(N)CCC(=O)N2C)cc1. The molecule has 0 bridgehead atoms. The van der Waals surface area contributed by atoms with Crippen LogP contribution in [0.4, 0.5) is 0 Å². The quantitative estimate of drug-likeness (QED) is 0.907. The monoisotopic (exact) mass is 262 g/mol. The van der Waals surface area contributed by atoms with E-state index >= 15 is 0 Å². The summed E-state index contributed by atoms with van der Waals surface area (Å²) < 4.78 is 5.62. The molecule has 0 saturated carbocycles. The molecule has 1 aromatic rings. The molecule has 1 aliphatic rings. The second-order valence-corrected chi connectivity index (χ2v) is 5.39. The molecule has 104 valence electrons. The van der Waals surface area contributed by atoms with Crippen LogP contribution < -0.4 is 10.5 Å². The van der Waals surface area contributed by atoms with Crippen molar-refractivity contribution in [1.82, 2.24) is 4.90 Å². The zero-order valence-electron chi connectivity index (χ0n) is 11.8. The first-order chi connectivity index (χ1) is 8.99. The first kappa shape index (κ1) is 13.9. The molecule has 0 aromatic heterocycles. The Morgan fingerprint density at radius 3 is 2.53 bits per heavy atom. The molecular formula is C15H22N2O2. The number of nitrogens with zero attached hydrogens (tertiary/aromatic N) is 1. The van der Waals surface area contributed by atoms with Gasteiger partial charge in [-0.05, 0) is 38.0 Å². The summed E-state index contributed by atoms with van der Waals surface area (Å²) in [5.41, 5.74) is 7.23. The Balaban J connectivity index is 2.18. The van der Waals surface area contributed by atoms with E-state index in [1.54, 1.807) is 4.90 Å². The summed E-state index contributed by atoms with van der Waals surface area (Å²) in [5, 5.41) is 0. The number of carbonyl (C=O) groups excluding carboxylic acids is 1. The summed E-state index contributed by atoms with van der Waals surface area (Å²) in [7, 11) is 1.82. The lowest BCUT2D eigenvalue weighted by Gasteiger charge is -2.37. The molecule has 0 spiro atoms. The number of ether oxygens (including phenoxy) is 1. The molecule has 1 fully saturated rings. The Hall–Kier alpha value is -1.55. The second kappa shape index (κ2) is 5.61. The molecule has 4 nitrogen and oxygen atoms in total. The lowest BCUT2D eigenvalue weighted by molar-refractivity contribution is -0.135. The van der Waals surface area contributed by atoms with Gasteiger partial charge in [0.1, 0.15) is 5.75 Å². The van der Waals surface area contributed by atoms with E-state index in [4.69, 9.17) is 10.5 Å². The van der Waals surface area contributed by atoms with E-state index < -0.39 is 0 Å². The number of carbonyl (C=O) groups is 1. The Kier molecular flexibility index (Phi) is 4.10. The average molecular weight is 262 g/mol. The van der Waals surface area contributed by atoms with Crippen molar-refractivity contribution in [3.05, 3.63) is 29.8 Å². The van der Waals surface area contributed by atoms with Gasteiger partial charge in [0.15, 0.2) is 0 Å². The summed E-state index contributed by atoms with van der Waals surface area (Å²) in [5.74, 6) is 1.01. The van der Waals surface area contributed by atoms with Crippen molar-refractivity contribution in [2.75, 3.05) is 7.05 Å². The third kappa shape index (κ3) is 3.07. The number of piperidine rings is 1. The Bertz CT molecular complexity index is 442. The van der Waals surface area contributed by atoms with Crippen LogP contribution in [-0.4, -0.2) is 30.0 Å². The van der Waals surface area contributed by atoms with Gasteiger partial charge in [-0.2, -0.15) is 0 Å². The zero-order chi connectivity index (χ0) is 14.0. The van der Waals surface area contributed by atoms with Crippen LogP contribution in [0.2, 0.25) is 0 Å². The number of amides is 1. The molecule has 19 heavy (non-hydrogen) atoms. The first-order valence-electron chi connectivity index (χ1n) is 6.77. The second-order valence-electron chi connectivity index (χ2n) is 5.39. The Labute approximate surface area is 114 Å². The minimum Gasteiger partial charge on any atom is -0.491 e. The topological polar surface area (TPSA) is 55.6 Å². The molecule has 2 atom stereocenters. The molecule has 0 radical (unpaired) electrons. The summed E-state index contributed by atoms with van der Waals surface area (Å²) in [6, 6.07) is 7.84. The molecule has 1 amide bonds. The minimum atomic E-state index is -0.0330. The van der Waals surface area contributed by atoms with Gasteiger partial charge in [-0.1, -0.05) is 12.1 Å². The van der Waals surface area contributed by atoms with Crippen LogP contribution in [0.1, 0.15) is 38.3 Å². The van der Waals surface area contributed by atoms with E-state index in [-0.39, 0.29) is 24.1 Å². The van der Waals surface area contributed by atoms with E-state index in [9.17, 15) is 4.79 Å². The van der Waals surface area contributed by atoms with Gasteiger partial charge in [-0.3, -0.25) is 4.79 Å².